The molecule has 134 valence electrons. The summed E-state index contributed by atoms with van der Waals surface area (Å²) in [6.45, 7) is -0.177. The van der Waals surface area contributed by atoms with Gasteiger partial charge in [-0.3, -0.25) is 9.78 Å². The van der Waals surface area contributed by atoms with Gasteiger partial charge in [-0.1, -0.05) is 29.8 Å². The summed E-state index contributed by atoms with van der Waals surface area (Å²) in [5, 5.41) is 4.06. The SMILES string of the molecule is COc1cc(NC(=O)COc2cccc3cccnc23)c(OC)cc1Cl. The van der Waals surface area contributed by atoms with Crippen LogP contribution in [0.1, 0.15) is 0 Å². The summed E-state index contributed by atoms with van der Waals surface area (Å²) in [5.41, 5.74) is 1.15. The summed E-state index contributed by atoms with van der Waals surface area (Å²) in [4.78, 5) is 16.6. The van der Waals surface area contributed by atoms with Gasteiger partial charge < -0.3 is 19.5 Å². The largest absolute Gasteiger partial charge is 0.495 e. The van der Waals surface area contributed by atoms with Gasteiger partial charge in [-0.25, -0.2) is 0 Å². The van der Waals surface area contributed by atoms with Crippen molar-refractivity contribution >= 4 is 34.1 Å². The molecule has 3 rings (SSSR count). The van der Waals surface area contributed by atoms with E-state index in [2.05, 4.69) is 10.3 Å². The Morgan fingerprint density at radius 2 is 1.85 bits per heavy atom. The van der Waals surface area contributed by atoms with Gasteiger partial charge in [-0.05, 0) is 12.1 Å². The van der Waals surface area contributed by atoms with Crippen LogP contribution < -0.4 is 19.5 Å². The summed E-state index contributed by atoms with van der Waals surface area (Å²) in [6.07, 6.45) is 1.68. The number of ether oxygens (including phenoxy) is 3. The smallest absolute Gasteiger partial charge is 0.262 e. The Kier molecular flexibility index (Phi) is 5.43. The Morgan fingerprint density at radius 3 is 2.62 bits per heavy atom. The summed E-state index contributed by atoms with van der Waals surface area (Å²) in [5.74, 6) is 1.05. The Balaban J connectivity index is 1.73. The van der Waals surface area contributed by atoms with Crippen LogP contribution in [0, 0.1) is 0 Å². The molecule has 26 heavy (non-hydrogen) atoms. The first-order valence-corrected chi connectivity index (χ1v) is 8.18. The van der Waals surface area contributed by atoms with E-state index in [1.807, 2.05) is 24.3 Å². The number of hydrogen-bond donors (Lipinski definition) is 1. The molecule has 6 nitrogen and oxygen atoms in total. The number of anilines is 1. The molecule has 0 saturated heterocycles. The van der Waals surface area contributed by atoms with Gasteiger partial charge in [0.1, 0.15) is 22.8 Å². The third-order valence-corrected chi connectivity index (χ3v) is 4.00. The molecule has 0 atom stereocenters. The number of nitrogens with one attached hydrogen (secondary N) is 1. The molecule has 1 amide bonds. The highest BCUT2D eigenvalue weighted by atomic mass is 35.5. The predicted molar refractivity (Wildman–Crippen MR) is 100 cm³/mol. The molecule has 2 aromatic carbocycles. The first-order chi connectivity index (χ1) is 12.6. The van der Waals surface area contributed by atoms with Crippen LogP contribution in [0.5, 0.6) is 17.2 Å². The van der Waals surface area contributed by atoms with E-state index in [1.54, 1.807) is 24.4 Å². The highest BCUT2D eigenvalue weighted by Crippen LogP contribution is 2.35. The molecule has 3 aromatic rings. The van der Waals surface area contributed by atoms with Crippen LogP contribution in [-0.2, 0) is 4.79 Å². The van der Waals surface area contributed by atoms with Gasteiger partial charge in [0.05, 0.1) is 24.9 Å². The third-order valence-electron chi connectivity index (χ3n) is 3.70. The maximum absolute atomic E-state index is 12.3. The van der Waals surface area contributed by atoms with E-state index < -0.39 is 0 Å². The van der Waals surface area contributed by atoms with Crippen LogP contribution >= 0.6 is 11.6 Å². The average Bonchev–Trinajstić information content (AvgIpc) is 2.67. The van der Waals surface area contributed by atoms with Gasteiger partial charge in [0.15, 0.2) is 6.61 Å². The molecule has 0 aliphatic carbocycles. The number of halogens is 1. The van der Waals surface area contributed by atoms with Crippen molar-refractivity contribution in [2.75, 3.05) is 26.1 Å². The van der Waals surface area contributed by atoms with Crippen molar-refractivity contribution in [3.63, 3.8) is 0 Å². The second-order valence-corrected chi connectivity index (χ2v) is 5.76. The summed E-state index contributed by atoms with van der Waals surface area (Å²) >= 11 is 6.06. The first kappa shape index (κ1) is 17.8. The lowest BCUT2D eigenvalue weighted by Gasteiger charge is -2.13. The van der Waals surface area contributed by atoms with Crippen molar-refractivity contribution in [1.29, 1.82) is 0 Å². The number of rotatable bonds is 6. The van der Waals surface area contributed by atoms with Crippen LogP contribution in [0.3, 0.4) is 0 Å². The van der Waals surface area contributed by atoms with Crippen LogP contribution in [-0.4, -0.2) is 31.7 Å². The van der Waals surface area contributed by atoms with Crippen molar-refractivity contribution in [2.24, 2.45) is 0 Å². The summed E-state index contributed by atoms with van der Waals surface area (Å²) < 4.78 is 16.0. The number of methoxy groups -OCH3 is 2. The van der Waals surface area contributed by atoms with Crippen LogP contribution in [0.2, 0.25) is 5.02 Å². The fourth-order valence-corrected chi connectivity index (χ4v) is 2.71. The highest BCUT2D eigenvalue weighted by Gasteiger charge is 2.13. The maximum atomic E-state index is 12.3. The van der Waals surface area contributed by atoms with E-state index in [4.69, 9.17) is 25.8 Å². The number of hydrogen-bond acceptors (Lipinski definition) is 5. The number of pyridine rings is 1. The molecule has 1 N–H and O–H groups in total. The number of carbonyl (C=O) groups is 1. The van der Waals surface area contributed by atoms with E-state index in [-0.39, 0.29) is 12.5 Å². The van der Waals surface area contributed by atoms with E-state index in [1.165, 1.54) is 14.2 Å². The highest BCUT2D eigenvalue weighted by molar-refractivity contribution is 6.32. The number of nitrogens with zero attached hydrogens (tertiary/aromatic N) is 1. The van der Waals surface area contributed by atoms with Gasteiger partial charge in [0.2, 0.25) is 0 Å². The number of amides is 1. The molecule has 0 bridgehead atoms. The maximum Gasteiger partial charge on any atom is 0.262 e. The molecular weight excluding hydrogens is 356 g/mol. The molecule has 1 heterocycles. The van der Waals surface area contributed by atoms with E-state index >= 15 is 0 Å². The lowest BCUT2D eigenvalue weighted by atomic mass is 10.2. The van der Waals surface area contributed by atoms with Crippen molar-refractivity contribution in [1.82, 2.24) is 4.98 Å². The predicted octanol–water partition coefficient (Wildman–Crippen LogP) is 3.92. The zero-order valence-corrected chi connectivity index (χ0v) is 15.0. The zero-order valence-electron chi connectivity index (χ0n) is 14.3. The standard InChI is InChI=1S/C19H17ClN2O4/c1-24-16-10-14(17(25-2)9-13(16)20)22-18(23)11-26-15-7-3-5-12-6-4-8-21-19(12)15/h3-10H,11H2,1-2H3,(H,22,23). The van der Waals surface area contributed by atoms with Crippen molar-refractivity contribution in [2.45, 2.75) is 0 Å². The fraction of sp³-hybridized carbons (Fsp3) is 0.158. The van der Waals surface area contributed by atoms with Crippen LogP contribution in [0.15, 0.2) is 48.7 Å². The molecule has 7 heteroatoms. The molecule has 1 aromatic heterocycles. The number of fused-ring (bicyclic) bond motifs is 1. The van der Waals surface area contributed by atoms with Gasteiger partial charge in [0, 0.05) is 23.7 Å². The Labute approximate surface area is 155 Å². The molecule has 0 aliphatic heterocycles. The normalized spacial score (nSPS) is 10.4. The second kappa shape index (κ2) is 7.93. The molecule has 0 fully saturated rings. The van der Waals surface area contributed by atoms with Crippen molar-refractivity contribution in [3.8, 4) is 17.2 Å². The quantitative estimate of drug-likeness (QED) is 0.710. The fourth-order valence-electron chi connectivity index (χ4n) is 2.48. The molecule has 0 unspecified atom stereocenters. The first-order valence-electron chi connectivity index (χ1n) is 7.80. The van der Waals surface area contributed by atoms with Crippen molar-refractivity contribution < 1.29 is 19.0 Å². The Morgan fingerprint density at radius 1 is 1.08 bits per heavy atom. The van der Waals surface area contributed by atoms with Gasteiger partial charge in [-0.15, -0.1) is 0 Å². The van der Waals surface area contributed by atoms with E-state index in [0.29, 0.717) is 33.5 Å². The lowest BCUT2D eigenvalue weighted by Crippen LogP contribution is -2.20. The van der Waals surface area contributed by atoms with E-state index in [0.717, 1.165) is 5.39 Å². The summed E-state index contributed by atoms with van der Waals surface area (Å²) in [6, 6.07) is 12.5. The van der Waals surface area contributed by atoms with E-state index in [9.17, 15) is 4.79 Å². The molecule has 0 aliphatic rings. The van der Waals surface area contributed by atoms with Gasteiger partial charge >= 0.3 is 0 Å². The number of aromatic nitrogens is 1. The minimum Gasteiger partial charge on any atom is -0.495 e. The Bertz CT molecular complexity index is 941. The molecular formula is C19H17ClN2O4. The minimum atomic E-state index is -0.347. The minimum absolute atomic E-state index is 0.177. The number of para-hydroxylation sites is 1. The third kappa shape index (κ3) is 3.81. The number of carbonyl (C=O) groups excluding carboxylic acids is 1. The van der Waals surface area contributed by atoms with Crippen molar-refractivity contribution in [3.05, 3.63) is 53.7 Å². The summed E-state index contributed by atoms with van der Waals surface area (Å²) in [7, 11) is 2.99. The Hall–Kier alpha value is -2.99. The van der Waals surface area contributed by atoms with Gasteiger partial charge in [-0.2, -0.15) is 0 Å². The molecule has 0 saturated carbocycles. The van der Waals surface area contributed by atoms with Crippen LogP contribution in [0.4, 0.5) is 5.69 Å². The average molecular weight is 373 g/mol. The molecule has 0 spiro atoms. The zero-order chi connectivity index (χ0) is 18.5. The monoisotopic (exact) mass is 372 g/mol. The number of benzene rings is 2. The lowest BCUT2D eigenvalue weighted by molar-refractivity contribution is -0.118. The van der Waals surface area contributed by atoms with Crippen LogP contribution in [0.25, 0.3) is 10.9 Å². The molecule has 0 radical (unpaired) electrons. The van der Waals surface area contributed by atoms with Gasteiger partial charge in [0.25, 0.3) is 5.91 Å². The topological polar surface area (TPSA) is 69.7 Å². The second-order valence-electron chi connectivity index (χ2n) is 5.36.